The van der Waals surface area contributed by atoms with Crippen LogP contribution in [0.1, 0.15) is 30.1 Å². The van der Waals surface area contributed by atoms with Crippen LogP contribution in [0.25, 0.3) is 11.4 Å². The summed E-state index contributed by atoms with van der Waals surface area (Å²) >= 11 is 0. The summed E-state index contributed by atoms with van der Waals surface area (Å²) in [5, 5.41) is 3.22. The first-order chi connectivity index (χ1) is 11.5. The second kappa shape index (κ2) is 6.82. The lowest BCUT2D eigenvalue weighted by Gasteiger charge is -2.08. The molecule has 1 N–H and O–H groups in total. The van der Waals surface area contributed by atoms with Crippen molar-refractivity contribution in [2.24, 2.45) is 5.92 Å². The lowest BCUT2D eigenvalue weighted by atomic mass is 10.1. The van der Waals surface area contributed by atoms with Crippen molar-refractivity contribution in [3.8, 4) is 11.4 Å². The Balaban J connectivity index is 2.14. The Morgan fingerprint density at radius 2 is 1.84 bits per heavy atom. The van der Waals surface area contributed by atoms with E-state index in [0.29, 0.717) is 0 Å². The number of sulfonamides is 1. The second-order valence-electron chi connectivity index (χ2n) is 5.60. The number of halogens is 3. The Kier molecular flexibility index (Phi) is 5.16. The second-order valence-corrected chi connectivity index (χ2v) is 7.37. The Morgan fingerprint density at radius 3 is 2.32 bits per heavy atom. The molecular formula is C14H14F3N3O4S. The van der Waals surface area contributed by atoms with Gasteiger partial charge in [-0.15, -0.1) is 0 Å². The first-order valence-electron chi connectivity index (χ1n) is 7.04. The molecule has 1 aromatic carbocycles. The molecule has 1 heterocycles. The van der Waals surface area contributed by atoms with Crippen molar-refractivity contribution in [3.05, 3.63) is 35.7 Å². The van der Waals surface area contributed by atoms with E-state index in [9.17, 15) is 26.4 Å². The van der Waals surface area contributed by atoms with Gasteiger partial charge in [0.2, 0.25) is 15.8 Å². The van der Waals surface area contributed by atoms with E-state index in [1.165, 1.54) is 24.3 Å². The van der Waals surface area contributed by atoms with Crippen molar-refractivity contribution < 1.29 is 30.9 Å². The van der Waals surface area contributed by atoms with Crippen LogP contribution in [0.2, 0.25) is 0 Å². The standard InChI is InChI=1S/C14H14F3N3O4S/c1-8(2)7-25(22,23)20-12(21)10-5-3-9(4-6-10)11-18-13(24-19-11)14(15,16)17/h3-6,8H,7H2,1-2H3,(H,20,21). The molecule has 0 saturated heterocycles. The van der Waals surface area contributed by atoms with Gasteiger partial charge in [0.15, 0.2) is 0 Å². The molecule has 2 rings (SSSR count). The summed E-state index contributed by atoms with van der Waals surface area (Å²) < 4.78 is 66.8. The van der Waals surface area contributed by atoms with Crippen molar-refractivity contribution >= 4 is 15.9 Å². The zero-order valence-electron chi connectivity index (χ0n) is 13.2. The first kappa shape index (κ1) is 18.9. The molecule has 2 aromatic rings. The van der Waals surface area contributed by atoms with Crippen LogP contribution in [0.4, 0.5) is 13.2 Å². The van der Waals surface area contributed by atoms with Crippen LogP contribution in [-0.2, 0) is 16.2 Å². The maximum atomic E-state index is 12.4. The number of hydrogen-bond donors (Lipinski definition) is 1. The number of alkyl halides is 3. The van der Waals surface area contributed by atoms with E-state index in [0.717, 1.165) is 0 Å². The van der Waals surface area contributed by atoms with E-state index in [2.05, 4.69) is 14.7 Å². The molecule has 0 unspecified atom stereocenters. The number of aromatic nitrogens is 2. The molecule has 1 aromatic heterocycles. The highest BCUT2D eigenvalue weighted by molar-refractivity contribution is 7.90. The molecule has 25 heavy (non-hydrogen) atoms. The molecule has 0 atom stereocenters. The summed E-state index contributed by atoms with van der Waals surface area (Å²) in [5.74, 6) is -2.99. The Labute approximate surface area is 141 Å². The number of nitrogens with zero attached hydrogens (tertiary/aromatic N) is 2. The Hall–Kier alpha value is -2.43. The van der Waals surface area contributed by atoms with E-state index in [1.807, 2.05) is 4.72 Å². The fourth-order valence-electron chi connectivity index (χ4n) is 1.91. The number of rotatable bonds is 5. The minimum absolute atomic E-state index is 0.0237. The van der Waals surface area contributed by atoms with Crippen LogP contribution in [-0.4, -0.2) is 30.2 Å². The van der Waals surface area contributed by atoms with Gasteiger partial charge in [-0.05, 0) is 18.1 Å². The fourth-order valence-corrected chi connectivity index (χ4v) is 3.27. The molecule has 0 aliphatic heterocycles. The van der Waals surface area contributed by atoms with Gasteiger partial charge in [-0.2, -0.15) is 18.2 Å². The quantitative estimate of drug-likeness (QED) is 0.859. The molecule has 0 saturated carbocycles. The minimum Gasteiger partial charge on any atom is -0.329 e. The van der Waals surface area contributed by atoms with Crippen LogP contribution in [0, 0.1) is 5.92 Å². The molecule has 0 aliphatic rings. The summed E-state index contributed by atoms with van der Waals surface area (Å²) in [5.41, 5.74) is 0.205. The average molecular weight is 377 g/mol. The van der Waals surface area contributed by atoms with Crippen LogP contribution in [0.15, 0.2) is 28.8 Å². The number of carbonyl (C=O) groups is 1. The molecule has 0 bridgehead atoms. The van der Waals surface area contributed by atoms with Crippen LogP contribution in [0.3, 0.4) is 0 Å². The summed E-state index contributed by atoms with van der Waals surface area (Å²) in [6.45, 7) is 3.39. The number of carbonyl (C=O) groups excluding carboxylic acids is 1. The van der Waals surface area contributed by atoms with Crippen LogP contribution < -0.4 is 4.72 Å². The van der Waals surface area contributed by atoms with Crippen molar-refractivity contribution in [2.75, 3.05) is 5.75 Å². The lowest BCUT2D eigenvalue weighted by molar-refractivity contribution is -0.159. The van der Waals surface area contributed by atoms with Crippen molar-refractivity contribution in [3.63, 3.8) is 0 Å². The van der Waals surface area contributed by atoms with E-state index in [-0.39, 0.29) is 28.6 Å². The molecular weight excluding hydrogens is 363 g/mol. The SMILES string of the molecule is CC(C)CS(=O)(=O)NC(=O)c1ccc(-c2noc(C(F)(F)F)n2)cc1. The third-order valence-corrected chi connectivity index (χ3v) is 4.48. The molecule has 0 spiro atoms. The molecule has 7 nitrogen and oxygen atoms in total. The Morgan fingerprint density at radius 1 is 1.24 bits per heavy atom. The van der Waals surface area contributed by atoms with E-state index in [1.54, 1.807) is 13.8 Å². The topological polar surface area (TPSA) is 102 Å². The molecule has 0 radical (unpaired) electrons. The number of benzene rings is 1. The third kappa shape index (κ3) is 5.02. The summed E-state index contributed by atoms with van der Waals surface area (Å²) in [6, 6.07) is 5.07. The van der Waals surface area contributed by atoms with Crippen molar-refractivity contribution in [1.82, 2.24) is 14.9 Å². The van der Waals surface area contributed by atoms with E-state index in [4.69, 9.17) is 0 Å². The monoisotopic (exact) mass is 377 g/mol. The summed E-state index contributed by atoms with van der Waals surface area (Å²) in [7, 11) is -3.77. The highest BCUT2D eigenvalue weighted by atomic mass is 32.2. The smallest absolute Gasteiger partial charge is 0.329 e. The largest absolute Gasteiger partial charge is 0.471 e. The molecule has 11 heteroatoms. The zero-order valence-corrected chi connectivity index (χ0v) is 14.0. The summed E-state index contributed by atoms with van der Waals surface area (Å²) in [4.78, 5) is 15.2. The third-order valence-electron chi connectivity index (χ3n) is 2.87. The van der Waals surface area contributed by atoms with Gasteiger partial charge in [-0.1, -0.05) is 31.1 Å². The number of nitrogens with one attached hydrogen (secondary N) is 1. The minimum atomic E-state index is -4.75. The van der Waals surface area contributed by atoms with Gasteiger partial charge in [0.05, 0.1) is 5.75 Å². The summed E-state index contributed by atoms with van der Waals surface area (Å²) in [6.07, 6.45) is -4.75. The van der Waals surface area contributed by atoms with Gasteiger partial charge in [0.1, 0.15) is 0 Å². The van der Waals surface area contributed by atoms with E-state index < -0.39 is 28.0 Å². The highest BCUT2D eigenvalue weighted by Gasteiger charge is 2.38. The number of hydrogen-bond acceptors (Lipinski definition) is 6. The average Bonchev–Trinajstić information content (AvgIpc) is 2.95. The predicted octanol–water partition coefficient (Wildman–Crippen LogP) is 2.47. The molecule has 0 fully saturated rings. The fraction of sp³-hybridized carbons (Fsp3) is 0.357. The first-order valence-corrected chi connectivity index (χ1v) is 8.69. The normalized spacial score (nSPS) is 12.4. The highest BCUT2D eigenvalue weighted by Crippen LogP contribution is 2.29. The van der Waals surface area contributed by atoms with Crippen LogP contribution >= 0.6 is 0 Å². The molecule has 136 valence electrons. The number of amides is 1. The lowest BCUT2D eigenvalue weighted by Crippen LogP contribution is -2.33. The van der Waals surface area contributed by atoms with Gasteiger partial charge in [-0.3, -0.25) is 4.79 Å². The predicted molar refractivity (Wildman–Crippen MR) is 80.8 cm³/mol. The van der Waals surface area contributed by atoms with Gasteiger partial charge >= 0.3 is 12.1 Å². The van der Waals surface area contributed by atoms with Gasteiger partial charge in [-0.25, -0.2) is 13.1 Å². The van der Waals surface area contributed by atoms with Crippen molar-refractivity contribution in [1.29, 1.82) is 0 Å². The Bertz CT molecular complexity index is 858. The molecule has 0 aliphatic carbocycles. The van der Waals surface area contributed by atoms with E-state index >= 15 is 0 Å². The van der Waals surface area contributed by atoms with Gasteiger partial charge in [0, 0.05) is 11.1 Å². The van der Waals surface area contributed by atoms with Crippen molar-refractivity contribution in [2.45, 2.75) is 20.0 Å². The molecule has 1 amide bonds. The zero-order chi connectivity index (χ0) is 18.8. The van der Waals surface area contributed by atoms with Gasteiger partial charge < -0.3 is 4.52 Å². The maximum Gasteiger partial charge on any atom is 0.471 e. The maximum absolute atomic E-state index is 12.4. The van der Waals surface area contributed by atoms with Crippen LogP contribution in [0.5, 0.6) is 0 Å². The van der Waals surface area contributed by atoms with Gasteiger partial charge in [0.25, 0.3) is 5.91 Å².